The maximum atomic E-state index is 12.9. The Hall–Kier alpha value is -1.95. The molecule has 1 aliphatic rings. The molecule has 2 heterocycles. The van der Waals surface area contributed by atoms with Crippen LogP contribution in [0.25, 0.3) is 0 Å². The van der Waals surface area contributed by atoms with Gasteiger partial charge in [-0.1, -0.05) is 12.1 Å². The molecule has 1 saturated heterocycles. The van der Waals surface area contributed by atoms with Gasteiger partial charge in [-0.05, 0) is 43.6 Å². The lowest BCUT2D eigenvalue weighted by atomic mass is 9.97. The summed E-state index contributed by atoms with van der Waals surface area (Å²) >= 11 is 0. The van der Waals surface area contributed by atoms with Gasteiger partial charge >= 0.3 is 5.69 Å². The first-order chi connectivity index (χ1) is 9.74. The number of hydrogen-bond acceptors (Lipinski definition) is 3. The highest BCUT2D eigenvalue weighted by atomic mass is 19.1. The van der Waals surface area contributed by atoms with E-state index in [-0.39, 0.29) is 11.5 Å². The Morgan fingerprint density at radius 2 is 1.95 bits per heavy atom. The van der Waals surface area contributed by atoms with Gasteiger partial charge in [0.2, 0.25) is 0 Å². The summed E-state index contributed by atoms with van der Waals surface area (Å²) in [6.45, 7) is 2.32. The first-order valence-corrected chi connectivity index (χ1v) is 6.84. The number of benzene rings is 1. The van der Waals surface area contributed by atoms with E-state index < -0.39 is 0 Å². The van der Waals surface area contributed by atoms with E-state index in [1.165, 1.54) is 12.1 Å². The lowest BCUT2D eigenvalue weighted by Gasteiger charge is -2.22. The summed E-state index contributed by atoms with van der Waals surface area (Å²) in [6.07, 6.45) is 1.96. The van der Waals surface area contributed by atoms with Gasteiger partial charge in [0.25, 0.3) is 0 Å². The lowest BCUT2D eigenvalue weighted by Crippen LogP contribution is -2.29. The Kier molecular flexibility index (Phi) is 3.64. The topological polar surface area (TPSA) is 62.7 Å². The third-order valence-electron chi connectivity index (χ3n) is 3.75. The summed E-state index contributed by atoms with van der Waals surface area (Å²) in [5, 5.41) is 10.0. The summed E-state index contributed by atoms with van der Waals surface area (Å²) in [6, 6.07) is 6.21. The number of nitrogens with one attached hydrogen (secondary N) is 2. The molecule has 2 N–H and O–H groups in total. The lowest BCUT2D eigenvalue weighted by molar-refractivity contribution is 0.432. The molecule has 0 amide bonds. The van der Waals surface area contributed by atoms with Gasteiger partial charge in [-0.3, -0.25) is 4.57 Å². The summed E-state index contributed by atoms with van der Waals surface area (Å²) < 4.78 is 14.6. The molecule has 1 fully saturated rings. The fourth-order valence-corrected chi connectivity index (χ4v) is 2.65. The third kappa shape index (κ3) is 2.65. The fraction of sp³-hybridized carbons (Fsp3) is 0.429. The van der Waals surface area contributed by atoms with Crippen LogP contribution in [0.3, 0.4) is 0 Å². The highest BCUT2D eigenvalue weighted by molar-refractivity contribution is 5.17. The molecule has 1 aromatic heterocycles. The van der Waals surface area contributed by atoms with Crippen molar-refractivity contribution in [2.75, 3.05) is 13.1 Å². The molecule has 0 aliphatic carbocycles. The van der Waals surface area contributed by atoms with E-state index in [4.69, 9.17) is 0 Å². The number of rotatable bonds is 3. The molecule has 106 valence electrons. The molecule has 0 spiro atoms. The molecular formula is C14H17FN4O. The van der Waals surface area contributed by atoms with Gasteiger partial charge in [0, 0.05) is 5.92 Å². The molecule has 3 rings (SSSR count). The summed E-state index contributed by atoms with van der Waals surface area (Å²) in [4.78, 5) is 11.9. The average Bonchev–Trinajstić information content (AvgIpc) is 2.84. The first kappa shape index (κ1) is 13.1. The van der Waals surface area contributed by atoms with E-state index in [9.17, 15) is 9.18 Å². The van der Waals surface area contributed by atoms with E-state index in [1.54, 1.807) is 16.7 Å². The highest BCUT2D eigenvalue weighted by Gasteiger charge is 2.21. The number of nitrogens with zero attached hydrogens (tertiary/aromatic N) is 2. The van der Waals surface area contributed by atoms with Crippen LogP contribution in [0.2, 0.25) is 0 Å². The second-order valence-electron chi connectivity index (χ2n) is 5.12. The SMILES string of the molecule is O=c1[nH]nc(C2CCNCC2)n1Cc1ccc(F)cc1. The van der Waals surface area contributed by atoms with E-state index in [0.717, 1.165) is 37.3 Å². The first-order valence-electron chi connectivity index (χ1n) is 6.84. The van der Waals surface area contributed by atoms with Gasteiger partial charge < -0.3 is 5.32 Å². The van der Waals surface area contributed by atoms with E-state index in [0.29, 0.717) is 12.5 Å². The van der Waals surface area contributed by atoms with Crippen molar-refractivity contribution in [2.45, 2.75) is 25.3 Å². The number of hydrogen-bond donors (Lipinski definition) is 2. The molecule has 20 heavy (non-hydrogen) atoms. The van der Waals surface area contributed by atoms with Crippen LogP contribution in [0.5, 0.6) is 0 Å². The smallest absolute Gasteiger partial charge is 0.317 e. The van der Waals surface area contributed by atoms with Crippen LogP contribution in [0, 0.1) is 5.82 Å². The van der Waals surface area contributed by atoms with Crippen LogP contribution in [-0.2, 0) is 6.54 Å². The zero-order valence-electron chi connectivity index (χ0n) is 11.1. The molecule has 2 aromatic rings. The maximum Gasteiger partial charge on any atom is 0.343 e. The predicted molar refractivity (Wildman–Crippen MR) is 73.2 cm³/mol. The summed E-state index contributed by atoms with van der Waals surface area (Å²) in [5.41, 5.74) is 0.688. The van der Waals surface area contributed by atoms with Crippen molar-refractivity contribution in [3.8, 4) is 0 Å². The van der Waals surface area contributed by atoms with Gasteiger partial charge in [0.15, 0.2) is 0 Å². The molecular weight excluding hydrogens is 259 g/mol. The molecule has 0 saturated carbocycles. The van der Waals surface area contributed by atoms with Gasteiger partial charge in [-0.2, -0.15) is 5.10 Å². The minimum atomic E-state index is -0.271. The Bertz CT molecular complexity index is 625. The minimum absolute atomic E-state index is 0.206. The predicted octanol–water partition coefficient (Wildman–Crippen LogP) is 1.23. The summed E-state index contributed by atoms with van der Waals surface area (Å²) in [5.74, 6) is 0.836. The van der Waals surface area contributed by atoms with Gasteiger partial charge in [-0.15, -0.1) is 0 Å². The van der Waals surface area contributed by atoms with Crippen LogP contribution in [-0.4, -0.2) is 27.9 Å². The van der Waals surface area contributed by atoms with Crippen LogP contribution in [0.4, 0.5) is 4.39 Å². The van der Waals surface area contributed by atoms with E-state index in [2.05, 4.69) is 15.5 Å². The van der Waals surface area contributed by atoms with Gasteiger partial charge in [-0.25, -0.2) is 14.3 Å². The second-order valence-corrected chi connectivity index (χ2v) is 5.12. The van der Waals surface area contributed by atoms with Crippen LogP contribution in [0.1, 0.15) is 30.1 Å². The van der Waals surface area contributed by atoms with Crippen molar-refractivity contribution in [3.05, 3.63) is 52.0 Å². The van der Waals surface area contributed by atoms with E-state index >= 15 is 0 Å². The Morgan fingerprint density at radius 1 is 1.25 bits per heavy atom. The highest BCUT2D eigenvalue weighted by Crippen LogP contribution is 2.22. The minimum Gasteiger partial charge on any atom is -0.317 e. The van der Waals surface area contributed by atoms with Crippen molar-refractivity contribution in [1.82, 2.24) is 20.1 Å². The van der Waals surface area contributed by atoms with Crippen LogP contribution in [0.15, 0.2) is 29.1 Å². The van der Waals surface area contributed by atoms with Gasteiger partial charge in [0.05, 0.1) is 6.54 Å². The van der Waals surface area contributed by atoms with E-state index in [1.807, 2.05) is 0 Å². The normalized spacial score (nSPS) is 16.4. The standard InChI is InChI=1S/C14H17FN4O/c15-12-3-1-10(2-4-12)9-19-13(17-18-14(19)20)11-5-7-16-8-6-11/h1-4,11,16H,5-9H2,(H,18,20). The fourth-order valence-electron chi connectivity index (χ4n) is 2.65. The molecule has 0 unspecified atom stereocenters. The number of halogens is 1. The monoisotopic (exact) mass is 276 g/mol. The molecule has 0 radical (unpaired) electrons. The van der Waals surface area contributed by atoms with Gasteiger partial charge in [0.1, 0.15) is 11.6 Å². The van der Waals surface area contributed by atoms with Crippen molar-refractivity contribution in [1.29, 1.82) is 0 Å². The third-order valence-corrected chi connectivity index (χ3v) is 3.75. The summed E-state index contributed by atoms with van der Waals surface area (Å²) in [7, 11) is 0. The largest absolute Gasteiger partial charge is 0.343 e. The Morgan fingerprint density at radius 3 is 2.65 bits per heavy atom. The van der Waals surface area contributed by atoms with Crippen molar-refractivity contribution in [2.24, 2.45) is 0 Å². The van der Waals surface area contributed by atoms with Crippen molar-refractivity contribution in [3.63, 3.8) is 0 Å². The number of aromatic nitrogens is 3. The number of piperidine rings is 1. The quantitative estimate of drug-likeness (QED) is 0.886. The molecule has 6 heteroatoms. The average molecular weight is 276 g/mol. The second kappa shape index (κ2) is 5.58. The molecule has 1 aliphatic heterocycles. The Balaban J connectivity index is 1.86. The molecule has 0 bridgehead atoms. The zero-order chi connectivity index (χ0) is 13.9. The van der Waals surface area contributed by atoms with Crippen LogP contribution >= 0.6 is 0 Å². The van der Waals surface area contributed by atoms with Crippen molar-refractivity contribution < 1.29 is 4.39 Å². The zero-order valence-corrected chi connectivity index (χ0v) is 11.1. The molecule has 5 nitrogen and oxygen atoms in total. The molecule has 0 atom stereocenters. The van der Waals surface area contributed by atoms with Crippen molar-refractivity contribution >= 4 is 0 Å². The maximum absolute atomic E-state index is 12.9. The van der Waals surface area contributed by atoms with Crippen LogP contribution < -0.4 is 11.0 Å². The Labute approximate surface area is 115 Å². The molecule has 1 aromatic carbocycles. The number of aromatic amines is 1. The number of H-pyrrole nitrogens is 1.